The second-order valence-electron chi connectivity index (χ2n) is 7.88. The first-order chi connectivity index (χ1) is 16.1. The predicted molar refractivity (Wildman–Crippen MR) is 125 cm³/mol. The van der Waals surface area contributed by atoms with Crippen LogP contribution in [0.25, 0.3) is 11.3 Å². The van der Waals surface area contributed by atoms with E-state index in [9.17, 15) is 4.79 Å². The number of methoxy groups -OCH3 is 2. The number of amides is 2. The van der Waals surface area contributed by atoms with E-state index in [1.807, 2.05) is 36.4 Å². The first-order valence-corrected chi connectivity index (χ1v) is 11.0. The van der Waals surface area contributed by atoms with Crippen molar-refractivity contribution < 1.29 is 23.4 Å². The molecule has 0 saturated carbocycles. The minimum atomic E-state index is -0.118. The molecular weight excluding hydrogens is 422 g/mol. The standard InChI is InChI=1S/C25H29N3O5/c1-17-5-6-21(32-10-4-9-30-2)12-18(17)14-24-27-16-23(33-24)19-11-20(15-22(13-19)31-3)28-8-7-26-25(28)29/h5-6,11-13,15-16H,4,7-10,14H2,1-3H3,(H,26,29). The van der Waals surface area contributed by atoms with E-state index in [0.29, 0.717) is 50.1 Å². The highest BCUT2D eigenvalue weighted by Gasteiger charge is 2.23. The lowest BCUT2D eigenvalue weighted by Crippen LogP contribution is -2.27. The average Bonchev–Trinajstić information content (AvgIpc) is 3.47. The van der Waals surface area contributed by atoms with Crippen LogP contribution in [0.2, 0.25) is 0 Å². The van der Waals surface area contributed by atoms with E-state index in [1.54, 1.807) is 25.3 Å². The van der Waals surface area contributed by atoms with Crippen molar-refractivity contribution in [1.82, 2.24) is 10.3 Å². The van der Waals surface area contributed by atoms with Crippen LogP contribution in [0.5, 0.6) is 11.5 Å². The topological polar surface area (TPSA) is 86.1 Å². The Kier molecular flexibility index (Phi) is 7.14. The molecular formula is C25H29N3O5. The molecule has 0 spiro atoms. The van der Waals surface area contributed by atoms with Gasteiger partial charge in [0.05, 0.1) is 19.9 Å². The van der Waals surface area contributed by atoms with Crippen LogP contribution in [0.4, 0.5) is 10.5 Å². The van der Waals surface area contributed by atoms with E-state index in [2.05, 4.69) is 17.2 Å². The zero-order valence-corrected chi connectivity index (χ0v) is 19.2. The lowest BCUT2D eigenvalue weighted by molar-refractivity contribution is 0.172. The maximum atomic E-state index is 12.1. The molecule has 1 saturated heterocycles. The normalized spacial score (nSPS) is 13.3. The number of hydrogen-bond acceptors (Lipinski definition) is 6. The van der Waals surface area contributed by atoms with E-state index in [0.717, 1.165) is 34.5 Å². The third kappa shape index (κ3) is 5.46. The first-order valence-electron chi connectivity index (χ1n) is 11.0. The van der Waals surface area contributed by atoms with Crippen molar-refractivity contribution >= 4 is 11.7 Å². The van der Waals surface area contributed by atoms with Crippen LogP contribution < -0.4 is 19.7 Å². The van der Waals surface area contributed by atoms with Crippen LogP contribution in [-0.2, 0) is 11.2 Å². The second kappa shape index (κ2) is 10.4. The van der Waals surface area contributed by atoms with Crippen LogP contribution in [0.15, 0.2) is 47.0 Å². The summed E-state index contributed by atoms with van der Waals surface area (Å²) >= 11 is 0. The fourth-order valence-corrected chi connectivity index (χ4v) is 3.73. The van der Waals surface area contributed by atoms with E-state index < -0.39 is 0 Å². The minimum Gasteiger partial charge on any atom is -0.497 e. The lowest BCUT2D eigenvalue weighted by atomic mass is 10.1. The molecule has 0 radical (unpaired) electrons. The predicted octanol–water partition coefficient (Wildman–Crippen LogP) is 4.19. The number of urea groups is 1. The summed E-state index contributed by atoms with van der Waals surface area (Å²) in [6.07, 6.45) is 3.09. The fraction of sp³-hybridized carbons (Fsp3) is 0.360. The molecule has 3 aromatic rings. The maximum Gasteiger partial charge on any atom is 0.321 e. The van der Waals surface area contributed by atoms with Gasteiger partial charge in [0.25, 0.3) is 0 Å². The minimum absolute atomic E-state index is 0.118. The van der Waals surface area contributed by atoms with Gasteiger partial charge in [-0.3, -0.25) is 4.90 Å². The third-order valence-electron chi connectivity index (χ3n) is 5.56. The largest absolute Gasteiger partial charge is 0.497 e. The van der Waals surface area contributed by atoms with Crippen molar-refractivity contribution in [2.45, 2.75) is 19.8 Å². The van der Waals surface area contributed by atoms with E-state index in [4.69, 9.17) is 18.6 Å². The van der Waals surface area contributed by atoms with E-state index >= 15 is 0 Å². The summed E-state index contributed by atoms with van der Waals surface area (Å²) in [6.45, 7) is 4.56. The molecule has 174 valence electrons. The molecule has 8 nitrogen and oxygen atoms in total. The van der Waals surface area contributed by atoms with Gasteiger partial charge in [-0.25, -0.2) is 9.78 Å². The Bertz CT molecular complexity index is 1110. The number of benzene rings is 2. The van der Waals surface area contributed by atoms with Gasteiger partial charge < -0.3 is 23.9 Å². The fourth-order valence-electron chi connectivity index (χ4n) is 3.73. The van der Waals surface area contributed by atoms with E-state index in [1.165, 1.54) is 0 Å². The Labute approximate surface area is 193 Å². The molecule has 8 heteroatoms. The third-order valence-corrected chi connectivity index (χ3v) is 5.56. The van der Waals surface area contributed by atoms with Gasteiger partial charge in [-0.05, 0) is 42.3 Å². The number of anilines is 1. The molecule has 1 N–H and O–H groups in total. The monoisotopic (exact) mass is 451 g/mol. The maximum absolute atomic E-state index is 12.1. The summed E-state index contributed by atoms with van der Waals surface area (Å²) in [4.78, 5) is 18.3. The number of hydrogen-bond donors (Lipinski definition) is 1. The number of rotatable bonds is 10. The number of aromatic nitrogens is 1. The molecule has 1 aliphatic heterocycles. The number of ether oxygens (including phenoxy) is 3. The zero-order valence-electron chi connectivity index (χ0n) is 19.2. The van der Waals surface area contributed by atoms with Gasteiger partial charge in [-0.2, -0.15) is 0 Å². The number of nitrogens with zero attached hydrogens (tertiary/aromatic N) is 2. The molecule has 0 unspecified atom stereocenters. The molecule has 2 heterocycles. The van der Waals surface area contributed by atoms with E-state index in [-0.39, 0.29) is 6.03 Å². The van der Waals surface area contributed by atoms with Gasteiger partial charge in [0.2, 0.25) is 0 Å². The smallest absolute Gasteiger partial charge is 0.321 e. The molecule has 2 amide bonds. The molecule has 1 fully saturated rings. The van der Waals surface area contributed by atoms with Gasteiger partial charge in [0.1, 0.15) is 11.5 Å². The SMILES string of the molecule is COCCCOc1ccc(C)c(Cc2ncc(-c3cc(OC)cc(N4CCNC4=O)c3)o2)c1. The molecule has 0 atom stereocenters. The molecule has 1 aliphatic rings. The second-order valence-corrected chi connectivity index (χ2v) is 7.88. The van der Waals surface area contributed by atoms with Crippen LogP contribution in [0, 0.1) is 6.92 Å². The van der Waals surface area contributed by atoms with Crippen molar-refractivity contribution in [3.8, 4) is 22.8 Å². The summed E-state index contributed by atoms with van der Waals surface area (Å²) in [7, 11) is 3.29. The van der Waals surface area contributed by atoms with Crippen LogP contribution >= 0.6 is 0 Å². The Morgan fingerprint density at radius 3 is 2.76 bits per heavy atom. The van der Waals surface area contributed by atoms with Gasteiger partial charge in [-0.1, -0.05) is 6.07 Å². The summed E-state index contributed by atoms with van der Waals surface area (Å²) in [6, 6.07) is 11.6. The number of carbonyl (C=O) groups excluding carboxylic acids is 1. The molecule has 4 rings (SSSR count). The van der Waals surface area contributed by atoms with Gasteiger partial charge >= 0.3 is 6.03 Å². The molecule has 1 aromatic heterocycles. The number of carbonyl (C=O) groups is 1. The van der Waals surface area contributed by atoms with Gasteiger partial charge in [0, 0.05) is 57.0 Å². The highest BCUT2D eigenvalue weighted by atomic mass is 16.5. The Morgan fingerprint density at radius 1 is 1.12 bits per heavy atom. The average molecular weight is 452 g/mol. The highest BCUT2D eigenvalue weighted by Crippen LogP contribution is 2.32. The quantitative estimate of drug-likeness (QED) is 0.465. The number of aryl methyl sites for hydroxylation is 1. The number of nitrogens with one attached hydrogen (secondary N) is 1. The van der Waals surface area contributed by atoms with Crippen LogP contribution in [0.1, 0.15) is 23.4 Å². The van der Waals surface area contributed by atoms with Crippen molar-refractivity contribution in [3.63, 3.8) is 0 Å². The Hall–Kier alpha value is -3.52. The Morgan fingerprint density at radius 2 is 2.00 bits per heavy atom. The van der Waals surface area contributed by atoms with Crippen molar-refractivity contribution in [2.24, 2.45) is 0 Å². The summed E-state index contributed by atoms with van der Waals surface area (Å²) in [5.41, 5.74) is 3.79. The number of oxazole rings is 1. The molecule has 0 bridgehead atoms. The first kappa shape index (κ1) is 22.7. The molecule has 33 heavy (non-hydrogen) atoms. The zero-order chi connectivity index (χ0) is 23.2. The highest BCUT2D eigenvalue weighted by molar-refractivity contribution is 5.95. The van der Waals surface area contributed by atoms with Crippen LogP contribution in [0.3, 0.4) is 0 Å². The van der Waals surface area contributed by atoms with Gasteiger partial charge in [-0.15, -0.1) is 0 Å². The van der Waals surface area contributed by atoms with Crippen LogP contribution in [-0.4, -0.2) is 51.5 Å². The summed E-state index contributed by atoms with van der Waals surface area (Å²) < 4.78 is 22.4. The van der Waals surface area contributed by atoms with Gasteiger partial charge in [0.15, 0.2) is 11.7 Å². The van der Waals surface area contributed by atoms with Crippen molar-refractivity contribution in [1.29, 1.82) is 0 Å². The molecule has 0 aliphatic carbocycles. The Balaban J connectivity index is 1.52. The summed E-state index contributed by atoms with van der Waals surface area (Å²) in [5.74, 6) is 2.69. The summed E-state index contributed by atoms with van der Waals surface area (Å²) in [5, 5.41) is 2.82. The lowest BCUT2D eigenvalue weighted by Gasteiger charge is -2.16. The molecule has 2 aromatic carbocycles. The van der Waals surface area contributed by atoms with Crippen molar-refractivity contribution in [3.05, 3.63) is 59.6 Å². The van der Waals surface area contributed by atoms with Crippen molar-refractivity contribution in [2.75, 3.05) is 45.4 Å².